The highest BCUT2D eigenvalue weighted by Gasteiger charge is 2.47. The third kappa shape index (κ3) is 4.07. The minimum Gasteiger partial charge on any atom is -0.497 e. The topological polar surface area (TPSA) is 71.5 Å². The molecule has 7 heteroatoms. The van der Waals surface area contributed by atoms with E-state index in [4.69, 9.17) is 4.74 Å². The number of aryl methyl sites for hydroxylation is 1. The summed E-state index contributed by atoms with van der Waals surface area (Å²) >= 11 is 1.51. The Balaban J connectivity index is 1.42. The molecule has 1 atom stereocenters. The third-order valence-electron chi connectivity index (χ3n) is 5.31. The number of nitrogens with one attached hydrogen (secondary N) is 1. The monoisotopic (exact) mass is 421 g/mol. The fraction of sp³-hybridized carbons (Fsp3) is 0.261. The van der Waals surface area contributed by atoms with E-state index in [0.717, 1.165) is 21.9 Å². The fourth-order valence-corrected chi connectivity index (χ4v) is 4.32. The first-order valence-electron chi connectivity index (χ1n) is 9.75. The van der Waals surface area contributed by atoms with Crippen LogP contribution in [0.5, 0.6) is 5.75 Å². The van der Waals surface area contributed by atoms with E-state index < -0.39 is 5.54 Å². The van der Waals surface area contributed by atoms with Gasteiger partial charge in [0.1, 0.15) is 16.3 Å². The van der Waals surface area contributed by atoms with Crippen LogP contribution in [0.15, 0.2) is 60.0 Å². The molecular formula is C23H23N3O3S. The maximum atomic E-state index is 13.0. The minimum atomic E-state index is -0.921. The first-order chi connectivity index (χ1) is 14.5. The molecule has 1 aromatic heterocycles. The zero-order chi connectivity index (χ0) is 21.1. The minimum absolute atomic E-state index is 0.173. The average molecular weight is 422 g/mol. The quantitative estimate of drug-likeness (QED) is 0.579. The smallest absolute Gasteiger partial charge is 0.325 e. The Morgan fingerprint density at radius 1 is 1.10 bits per heavy atom. The van der Waals surface area contributed by atoms with Crippen LogP contribution in [-0.4, -0.2) is 34.5 Å². The highest BCUT2D eigenvalue weighted by atomic mass is 32.1. The maximum Gasteiger partial charge on any atom is 0.325 e. The summed E-state index contributed by atoms with van der Waals surface area (Å²) in [5, 5.41) is 5.64. The number of benzene rings is 2. The molecule has 3 aromatic rings. The lowest BCUT2D eigenvalue weighted by Crippen LogP contribution is -2.44. The van der Waals surface area contributed by atoms with Crippen molar-refractivity contribution in [2.45, 2.75) is 31.8 Å². The summed E-state index contributed by atoms with van der Waals surface area (Å²) in [4.78, 5) is 31.4. The molecule has 2 heterocycles. The van der Waals surface area contributed by atoms with E-state index in [1.807, 2.05) is 60.0 Å². The standard InChI is InChI=1S/C23H23N3O3S/c1-23(13-12-16-8-10-19(29-2)11-9-16)21(27)26(22(28)25-23)14-18-15-30-20(24-18)17-6-4-3-5-7-17/h3-11,15H,12-14H2,1-2H3,(H,25,28). The molecule has 0 radical (unpaired) electrons. The number of ether oxygens (including phenoxy) is 1. The van der Waals surface area contributed by atoms with E-state index in [0.29, 0.717) is 18.5 Å². The number of carbonyl (C=O) groups excluding carboxylic acids is 2. The van der Waals surface area contributed by atoms with Gasteiger partial charge in [0.05, 0.1) is 19.3 Å². The van der Waals surface area contributed by atoms with E-state index in [2.05, 4.69) is 10.3 Å². The Hall–Kier alpha value is -3.19. The van der Waals surface area contributed by atoms with E-state index in [-0.39, 0.29) is 18.5 Å². The predicted octanol–water partition coefficient (Wildman–Crippen LogP) is 4.26. The summed E-state index contributed by atoms with van der Waals surface area (Å²) < 4.78 is 5.18. The highest BCUT2D eigenvalue weighted by molar-refractivity contribution is 7.13. The van der Waals surface area contributed by atoms with Gasteiger partial charge >= 0.3 is 6.03 Å². The Kier molecular flexibility index (Phi) is 5.55. The Bertz CT molecular complexity index is 1050. The van der Waals surface area contributed by atoms with Crippen molar-refractivity contribution in [1.82, 2.24) is 15.2 Å². The number of thiazole rings is 1. The molecular weight excluding hydrogens is 398 g/mol. The largest absolute Gasteiger partial charge is 0.497 e. The molecule has 0 aliphatic carbocycles. The first kappa shape index (κ1) is 20.1. The molecule has 1 saturated heterocycles. The predicted molar refractivity (Wildman–Crippen MR) is 116 cm³/mol. The second-order valence-corrected chi connectivity index (χ2v) is 8.37. The molecule has 1 unspecified atom stereocenters. The van der Waals surface area contributed by atoms with Crippen molar-refractivity contribution in [3.8, 4) is 16.3 Å². The van der Waals surface area contributed by atoms with E-state index in [9.17, 15) is 9.59 Å². The maximum absolute atomic E-state index is 13.0. The lowest BCUT2D eigenvalue weighted by molar-refractivity contribution is -0.131. The summed E-state index contributed by atoms with van der Waals surface area (Å²) in [6.07, 6.45) is 1.20. The molecule has 0 saturated carbocycles. The number of rotatable bonds is 7. The number of aromatic nitrogens is 1. The van der Waals surface area contributed by atoms with Gasteiger partial charge in [-0.15, -0.1) is 11.3 Å². The molecule has 30 heavy (non-hydrogen) atoms. The average Bonchev–Trinajstić information content (AvgIpc) is 3.32. The Labute approximate surface area is 179 Å². The zero-order valence-electron chi connectivity index (χ0n) is 16.9. The number of carbonyl (C=O) groups is 2. The second-order valence-electron chi connectivity index (χ2n) is 7.51. The molecule has 0 spiro atoms. The van der Waals surface area contributed by atoms with Gasteiger partial charge in [0.25, 0.3) is 5.91 Å². The molecule has 1 fully saturated rings. The number of hydrogen-bond donors (Lipinski definition) is 1. The molecule has 6 nitrogen and oxygen atoms in total. The van der Waals surface area contributed by atoms with Gasteiger partial charge in [-0.3, -0.25) is 9.69 Å². The van der Waals surface area contributed by atoms with Gasteiger partial charge in [0.15, 0.2) is 0 Å². The molecule has 3 amide bonds. The SMILES string of the molecule is COc1ccc(CCC2(C)NC(=O)N(Cc3csc(-c4ccccc4)n3)C2=O)cc1. The van der Waals surface area contributed by atoms with Crippen LogP contribution in [0, 0.1) is 0 Å². The number of nitrogens with zero attached hydrogens (tertiary/aromatic N) is 2. The van der Waals surface area contributed by atoms with E-state index in [1.54, 1.807) is 14.0 Å². The Morgan fingerprint density at radius 3 is 2.53 bits per heavy atom. The number of urea groups is 1. The van der Waals surface area contributed by atoms with Gasteiger partial charge in [-0.25, -0.2) is 9.78 Å². The van der Waals surface area contributed by atoms with E-state index >= 15 is 0 Å². The van der Waals surface area contributed by atoms with Crippen molar-refractivity contribution in [1.29, 1.82) is 0 Å². The van der Waals surface area contributed by atoms with Crippen molar-refractivity contribution < 1.29 is 14.3 Å². The van der Waals surface area contributed by atoms with E-state index in [1.165, 1.54) is 16.2 Å². The van der Waals surface area contributed by atoms with Gasteiger partial charge < -0.3 is 10.1 Å². The highest BCUT2D eigenvalue weighted by Crippen LogP contribution is 2.28. The zero-order valence-corrected chi connectivity index (χ0v) is 17.7. The second kappa shape index (κ2) is 8.28. The molecule has 1 N–H and O–H groups in total. The first-order valence-corrected chi connectivity index (χ1v) is 10.6. The molecule has 2 aromatic carbocycles. The number of hydrogen-bond acceptors (Lipinski definition) is 5. The van der Waals surface area contributed by atoms with Crippen LogP contribution in [0.3, 0.4) is 0 Å². The summed E-state index contributed by atoms with van der Waals surface area (Å²) in [7, 11) is 1.63. The van der Waals surface area contributed by atoms with Gasteiger partial charge in [0, 0.05) is 10.9 Å². The van der Waals surface area contributed by atoms with Gasteiger partial charge in [-0.2, -0.15) is 0 Å². The van der Waals surface area contributed by atoms with Gasteiger partial charge in [0.2, 0.25) is 0 Å². The van der Waals surface area contributed by atoms with Crippen molar-refractivity contribution in [2.24, 2.45) is 0 Å². The Morgan fingerprint density at radius 2 is 1.83 bits per heavy atom. The summed E-state index contributed by atoms with van der Waals surface area (Å²) in [5.74, 6) is 0.579. The van der Waals surface area contributed by atoms with Crippen LogP contribution in [0.2, 0.25) is 0 Å². The van der Waals surface area contributed by atoms with Crippen molar-refractivity contribution in [2.75, 3.05) is 7.11 Å². The van der Waals surface area contributed by atoms with Crippen LogP contribution >= 0.6 is 11.3 Å². The number of methoxy groups -OCH3 is 1. The molecule has 154 valence electrons. The number of imide groups is 1. The summed E-state index contributed by atoms with van der Waals surface area (Å²) in [6, 6.07) is 17.2. The van der Waals surface area contributed by atoms with Crippen LogP contribution < -0.4 is 10.1 Å². The fourth-order valence-electron chi connectivity index (χ4n) is 3.50. The summed E-state index contributed by atoms with van der Waals surface area (Å²) in [6.45, 7) is 1.96. The van der Waals surface area contributed by atoms with Gasteiger partial charge in [-0.1, -0.05) is 42.5 Å². The van der Waals surface area contributed by atoms with Crippen LogP contribution in [0.1, 0.15) is 24.6 Å². The van der Waals surface area contributed by atoms with Crippen LogP contribution in [0.4, 0.5) is 4.79 Å². The molecule has 4 rings (SSSR count). The number of amides is 3. The third-order valence-corrected chi connectivity index (χ3v) is 6.25. The summed E-state index contributed by atoms with van der Waals surface area (Å²) in [5.41, 5.74) is 1.90. The van der Waals surface area contributed by atoms with Crippen molar-refractivity contribution in [3.05, 3.63) is 71.2 Å². The van der Waals surface area contributed by atoms with Gasteiger partial charge in [-0.05, 0) is 37.5 Å². The molecule has 0 bridgehead atoms. The van der Waals surface area contributed by atoms with Crippen molar-refractivity contribution in [3.63, 3.8) is 0 Å². The van der Waals surface area contributed by atoms with Crippen molar-refractivity contribution >= 4 is 23.3 Å². The molecule has 1 aliphatic rings. The lowest BCUT2D eigenvalue weighted by Gasteiger charge is -2.21. The lowest BCUT2D eigenvalue weighted by atomic mass is 9.93. The van der Waals surface area contributed by atoms with Crippen LogP contribution in [0.25, 0.3) is 10.6 Å². The van der Waals surface area contributed by atoms with Crippen LogP contribution in [-0.2, 0) is 17.8 Å². The molecule has 1 aliphatic heterocycles. The normalized spacial score (nSPS) is 18.5.